The quantitative estimate of drug-likeness (QED) is 0.755. The van der Waals surface area contributed by atoms with Crippen molar-refractivity contribution >= 4 is 11.6 Å². The average Bonchev–Trinajstić information content (AvgIpc) is 2.65. The van der Waals surface area contributed by atoms with E-state index in [1.54, 1.807) is 10.6 Å². The highest BCUT2D eigenvalue weighted by Crippen LogP contribution is 2.25. The summed E-state index contributed by atoms with van der Waals surface area (Å²) in [6.45, 7) is 4.63. The Hall–Kier alpha value is -2.43. The summed E-state index contributed by atoms with van der Waals surface area (Å²) >= 11 is 0. The highest BCUT2D eigenvalue weighted by atomic mass is 19.1. The van der Waals surface area contributed by atoms with Gasteiger partial charge in [-0.15, -0.1) is 0 Å². The van der Waals surface area contributed by atoms with Gasteiger partial charge in [-0.25, -0.2) is 4.39 Å². The Kier molecular flexibility index (Phi) is 6.09. The molecule has 0 spiro atoms. The van der Waals surface area contributed by atoms with Gasteiger partial charge in [-0.3, -0.25) is 14.2 Å². The lowest BCUT2D eigenvalue weighted by molar-refractivity contribution is 0.103. The van der Waals surface area contributed by atoms with Crippen molar-refractivity contribution in [3.05, 3.63) is 63.7 Å². The van der Waals surface area contributed by atoms with Crippen molar-refractivity contribution in [2.45, 2.75) is 58.5 Å². The van der Waals surface area contributed by atoms with Crippen LogP contribution in [0.25, 0.3) is 0 Å². The van der Waals surface area contributed by atoms with Crippen LogP contribution in [0.1, 0.15) is 61.9 Å². The first-order valence-corrected chi connectivity index (χ1v) is 9.76. The van der Waals surface area contributed by atoms with Gasteiger partial charge in [0.05, 0.1) is 5.56 Å². The Balaban J connectivity index is 2.04. The van der Waals surface area contributed by atoms with Crippen molar-refractivity contribution in [2.75, 3.05) is 5.32 Å². The van der Waals surface area contributed by atoms with E-state index in [1.807, 2.05) is 13.8 Å². The lowest BCUT2D eigenvalue weighted by Crippen LogP contribution is -2.32. The van der Waals surface area contributed by atoms with Gasteiger partial charge in [0.2, 0.25) is 0 Å². The first-order chi connectivity index (χ1) is 13.0. The molecule has 1 aliphatic rings. The highest BCUT2D eigenvalue weighted by Gasteiger charge is 2.22. The molecule has 2 aromatic rings. The molecule has 3 rings (SSSR count). The predicted octanol–water partition coefficient (Wildman–Crippen LogP) is 4.62. The molecule has 5 heteroatoms. The maximum absolute atomic E-state index is 13.2. The number of benzene rings is 1. The fraction of sp³-hybridized carbons (Fsp3) is 0.455. The third-order valence-electron chi connectivity index (χ3n) is 5.03. The molecule has 0 bridgehead atoms. The minimum Gasteiger partial charge on any atom is -0.368 e. The van der Waals surface area contributed by atoms with E-state index < -0.39 is 0 Å². The molecule has 0 radical (unpaired) electrons. The maximum Gasteiger partial charge on any atom is 0.252 e. The summed E-state index contributed by atoms with van der Waals surface area (Å²) < 4.78 is 14.9. The van der Waals surface area contributed by atoms with Crippen molar-refractivity contribution in [1.82, 2.24) is 4.57 Å². The number of ketones is 1. The Bertz CT molecular complexity index is 850. The number of carbonyl (C=O) groups is 1. The first-order valence-electron chi connectivity index (χ1n) is 9.76. The van der Waals surface area contributed by atoms with Gasteiger partial charge in [0.1, 0.15) is 11.6 Å². The number of anilines is 1. The zero-order valence-corrected chi connectivity index (χ0v) is 16.0. The fourth-order valence-corrected chi connectivity index (χ4v) is 3.66. The van der Waals surface area contributed by atoms with Crippen molar-refractivity contribution in [3.8, 4) is 0 Å². The van der Waals surface area contributed by atoms with E-state index >= 15 is 0 Å². The molecule has 1 heterocycles. The Morgan fingerprint density at radius 1 is 1.11 bits per heavy atom. The smallest absolute Gasteiger partial charge is 0.252 e. The van der Waals surface area contributed by atoms with Crippen molar-refractivity contribution < 1.29 is 9.18 Å². The van der Waals surface area contributed by atoms with E-state index in [9.17, 15) is 14.0 Å². The average molecular weight is 370 g/mol. The largest absolute Gasteiger partial charge is 0.368 e. The topological polar surface area (TPSA) is 51.1 Å². The Labute approximate surface area is 159 Å². The zero-order chi connectivity index (χ0) is 19.4. The molecule has 27 heavy (non-hydrogen) atoms. The molecule has 144 valence electrons. The van der Waals surface area contributed by atoms with Gasteiger partial charge in [-0.1, -0.05) is 33.1 Å². The van der Waals surface area contributed by atoms with E-state index in [-0.39, 0.29) is 29.1 Å². The van der Waals surface area contributed by atoms with Crippen molar-refractivity contribution in [2.24, 2.45) is 5.92 Å². The minimum atomic E-state index is -0.378. The van der Waals surface area contributed by atoms with Gasteiger partial charge in [-0.2, -0.15) is 0 Å². The van der Waals surface area contributed by atoms with Crippen LogP contribution in [-0.4, -0.2) is 16.4 Å². The number of aromatic nitrogens is 1. The summed E-state index contributed by atoms with van der Waals surface area (Å²) in [6, 6.07) is 8.84. The number of halogens is 1. The summed E-state index contributed by atoms with van der Waals surface area (Å²) in [7, 11) is 0. The van der Waals surface area contributed by atoms with Gasteiger partial charge in [0.25, 0.3) is 5.56 Å². The molecule has 1 aliphatic carbocycles. The molecule has 1 aromatic heterocycles. The molecule has 4 nitrogen and oxygen atoms in total. The van der Waals surface area contributed by atoms with E-state index in [2.05, 4.69) is 5.32 Å². The lowest BCUT2D eigenvalue weighted by Gasteiger charge is -2.27. The molecule has 0 aliphatic heterocycles. The Morgan fingerprint density at radius 3 is 2.41 bits per heavy atom. The molecule has 0 saturated heterocycles. The highest BCUT2D eigenvalue weighted by molar-refractivity contribution is 6.11. The number of carbonyl (C=O) groups excluding carboxylic acids is 1. The van der Waals surface area contributed by atoms with Crippen LogP contribution in [-0.2, 0) is 6.54 Å². The lowest BCUT2D eigenvalue weighted by atomic mass is 9.95. The second-order valence-corrected chi connectivity index (χ2v) is 7.75. The number of rotatable bonds is 6. The Morgan fingerprint density at radius 2 is 1.78 bits per heavy atom. The molecule has 1 saturated carbocycles. The molecule has 1 aromatic carbocycles. The van der Waals surface area contributed by atoms with Crippen molar-refractivity contribution in [3.63, 3.8) is 0 Å². The van der Waals surface area contributed by atoms with Crippen LogP contribution in [0.3, 0.4) is 0 Å². The number of hydrogen-bond acceptors (Lipinski definition) is 3. The van der Waals surface area contributed by atoms with E-state index in [0.29, 0.717) is 23.5 Å². The second kappa shape index (κ2) is 8.51. The summed E-state index contributed by atoms with van der Waals surface area (Å²) in [5.41, 5.74) is 0.767. The fourth-order valence-electron chi connectivity index (χ4n) is 3.66. The summed E-state index contributed by atoms with van der Waals surface area (Å²) in [6.07, 6.45) is 5.61. The SMILES string of the molecule is CC(C)Cn1c(NC2CCCCC2)c(C(=O)c2ccc(F)cc2)ccc1=O. The number of pyridine rings is 1. The van der Waals surface area contributed by atoms with Crippen LogP contribution < -0.4 is 10.9 Å². The van der Waals surface area contributed by atoms with Crippen LogP contribution in [0.2, 0.25) is 0 Å². The van der Waals surface area contributed by atoms with E-state index in [0.717, 1.165) is 25.7 Å². The molecule has 0 atom stereocenters. The third-order valence-corrected chi connectivity index (χ3v) is 5.03. The van der Waals surface area contributed by atoms with E-state index in [4.69, 9.17) is 0 Å². The normalized spacial score (nSPS) is 15.1. The first kappa shape index (κ1) is 19.3. The van der Waals surface area contributed by atoms with Crippen LogP contribution in [0.4, 0.5) is 10.2 Å². The molecule has 0 unspecified atom stereocenters. The van der Waals surface area contributed by atoms with Crippen LogP contribution >= 0.6 is 0 Å². The molecule has 0 amide bonds. The number of nitrogens with zero attached hydrogens (tertiary/aromatic N) is 1. The van der Waals surface area contributed by atoms with Gasteiger partial charge < -0.3 is 5.32 Å². The molecule has 1 fully saturated rings. The van der Waals surface area contributed by atoms with Crippen molar-refractivity contribution in [1.29, 1.82) is 0 Å². The number of hydrogen-bond donors (Lipinski definition) is 1. The minimum absolute atomic E-state index is 0.113. The van der Waals surface area contributed by atoms with Crippen LogP contribution in [0.5, 0.6) is 0 Å². The monoisotopic (exact) mass is 370 g/mol. The van der Waals surface area contributed by atoms with E-state index in [1.165, 1.54) is 36.8 Å². The summed E-state index contributed by atoms with van der Waals surface area (Å²) in [4.78, 5) is 25.6. The molecular formula is C22H27FN2O2. The third kappa shape index (κ3) is 4.65. The molecular weight excluding hydrogens is 343 g/mol. The van der Waals surface area contributed by atoms with Crippen LogP contribution in [0, 0.1) is 11.7 Å². The summed E-state index contributed by atoms with van der Waals surface area (Å²) in [5, 5.41) is 3.49. The maximum atomic E-state index is 13.2. The second-order valence-electron chi connectivity index (χ2n) is 7.75. The summed E-state index contributed by atoms with van der Waals surface area (Å²) in [5.74, 6) is 0.283. The standard InChI is InChI=1S/C22H27FN2O2/c1-15(2)14-25-20(26)13-12-19(21(27)16-8-10-17(23)11-9-16)22(25)24-18-6-4-3-5-7-18/h8-13,15,18,24H,3-7,14H2,1-2H3. The van der Waals surface area contributed by atoms with Crippen LogP contribution in [0.15, 0.2) is 41.2 Å². The number of nitrogens with one attached hydrogen (secondary N) is 1. The van der Waals surface area contributed by atoms with Gasteiger partial charge in [0, 0.05) is 24.2 Å². The predicted molar refractivity (Wildman–Crippen MR) is 106 cm³/mol. The molecule has 1 N–H and O–H groups in total. The van der Waals surface area contributed by atoms with Gasteiger partial charge in [-0.05, 0) is 49.1 Å². The van der Waals surface area contributed by atoms with Gasteiger partial charge in [0.15, 0.2) is 5.78 Å². The van der Waals surface area contributed by atoms with Gasteiger partial charge >= 0.3 is 0 Å². The zero-order valence-electron chi connectivity index (χ0n) is 16.0.